The van der Waals surface area contributed by atoms with Crippen LogP contribution in [0.2, 0.25) is 0 Å². The monoisotopic (exact) mass is 315 g/mol. The molecule has 7 heteroatoms. The first-order valence-corrected chi connectivity index (χ1v) is 8.03. The second kappa shape index (κ2) is 5.72. The molecule has 6 nitrogen and oxygen atoms in total. The molecule has 120 valence electrons. The van der Waals surface area contributed by atoms with E-state index in [0.29, 0.717) is 18.4 Å². The molecule has 1 saturated heterocycles. The molecule has 23 heavy (non-hydrogen) atoms. The molecule has 1 unspecified atom stereocenters. The lowest BCUT2D eigenvalue weighted by atomic mass is 10.2. The Kier molecular flexibility index (Phi) is 3.55. The summed E-state index contributed by atoms with van der Waals surface area (Å²) < 4.78 is 14.6. The number of nitrogens with zero attached hydrogens (tertiary/aromatic N) is 5. The van der Waals surface area contributed by atoms with Crippen LogP contribution in [0.25, 0.3) is 0 Å². The lowest BCUT2D eigenvalue weighted by Crippen LogP contribution is -2.38. The van der Waals surface area contributed by atoms with Crippen LogP contribution in [0.1, 0.15) is 37.3 Å². The number of halogens is 1. The van der Waals surface area contributed by atoms with Crippen LogP contribution in [0.4, 0.5) is 10.3 Å². The summed E-state index contributed by atoms with van der Waals surface area (Å²) >= 11 is 0. The van der Waals surface area contributed by atoms with E-state index in [1.807, 2.05) is 11.0 Å². The van der Waals surface area contributed by atoms with Crippen LogP contribution < -0.4 is 10.5 Å². The predicted octanol–water partition coefficient (Wildman–Crippen LogP) is 1.72. The van der Waals surface area contributed by atoms with Gasteiger partial charge in [0.05, 0.1) is 30.7 Å². The summed E-state index contributed by atoms with van der Waals surface area (Å²) in [5.74, 6) is 0.585. The van der Waals surface area contributed by atoms with E-state index in [1.54, 1.807) is 10.7 Å². The molecule has 0 spiro atoms. The summed E-state index contributed by atoms with van der Waals surface area (Å²) in [6, 6.07) is 3.56. The quantitative estimate of drug-likeness (QED) is 0.859. The van der Waals surface area contributed by atoms with Crippen LogP contribution in [0.5, 0.6) is 0 Å². The molecule has 2 aliphatic rings. The molecule has 2 aromatic rings. The number of rotatable bonds is 4. The first-order valence-electron chi connectivity index (χ1n) is 8.03. The SMILES string of the molecule is O=c1ccc(C2CC2)nn1CC1CCCN1c1ncc(F)cn1. The topological polar surface area (TPSA) is 63.9 Å². The van der Waals surface area contributed by atoms with Crippen molar-refractivity contribution in [2.24, 2.45) is 0 Å². The van der Waals surface area contributed by atoms with E-state index in [1.165, 1.54) is 12.4 Å². The molecule has 1 aliphatic heterocycles. The van der Waals surface area contributed by atoms with Gasteiger partial charge in [0, 0.05) is 18.5 Å². The van der Waals surface area contributed by atoms with Crippen molar-refractivity contribution in [1.29, 1.82) is 0 Å². The van der Waals surface area contributed by atoms with Crippen molar-refractivity contribution in [3.05, 3.63) is 46.4 Å². The van der Waals surface area contributed by atoms with Gasteiger partial charge >= 0.3 is 0 Å². The standard InChI is InChI=1S/C16H18FN5O/c17-12-8-18-16(19-9-12)21-7-1-2-13(21)10-22-15(23)6-5-14(20-22)11-3-4-11/h5-6,8-9,11,13H,1-4,7,10H2. The molecule has 4 rings (SSSR count). The van der Waals surface area contributed by atoms with Gasteiger partial charge in [0.1, 0.15) is 0 Å². The molecule has 2 aromatic heterocycles. The van der Waals surface area contributed by atoms with Gasteiger partial charge in [-0.2, -0.15) is 5.10 Å². The van der Waals surface area contributed by atoms with Crippen molar-refractivity contribution in [2.75, 3.05) is 11.4 Å². The Balaban J connectivity index is 1.56. The van der Waals surface area contributed by atoms with Gasteiger partial charge in [0.15, 0.2) is 5.82 Å². The van der Waals surface area contributed by atoms with Gasteiger partial charge < -0.3 is 4.90 Å². The van der Waals surface area contributed by atoms with E-state index in [9.17, 15) is 9.18 Å². The van der Waals surface area contributed by atoms with Gasteiger partial charge in [0.2, 0.25) is 5.95 Å². The Morgan fingerprint density at radius 1 is 1.17 bits per heavy atom. The van der Waals surface area contributed by atoms with Crippen molar-refractivity contribution in [2.45, 2.75) is 44.2 Å². The maximum absolute atomic E-state index is 13.0. The molecular formula is C16H18FN5O. The minimum absolute atomic E-state index is 0.0822. The Morgan fingerprint density at radius 3 is 2.70 bits per heavy atom. The first-order chi connectivity index (χ1) is 11.2. The van der Waals surface area contributed by atoms with Crippen molar-refractivity contribution >= 4 is 5.95 Å². The zero-order valence-electron chi connectivity index (χ0n) is 12.7. The second-order valence-electron chi connectivity index (χ2n) is 6.24. The average molecular weight is 315 g/mol. The predicted molar refractivity (Wildman–Crippen MR) is 82.8 cm³/mol. The number of hydrogen-bond donors (Lipinski definition) is 0. The van der Waals surface area contributed by atoms with Gasteiger partial charge in [-0.05, 0) is 31.7 Å². The Morgan fingerprint density at radius 2 is 1.96 bits per heavy atom. The largest absolute Gasteiger partial charge is 0.336 e. The van der Waals surface area contributed by atoms with Crippen molar-refractivity contribution in [3.8, 4) is 0 Å². The summed E-state index contributed by atoms with van der Waals surface area (Å²) in [6.07, 6.45) is 6.62. The molecule has 0 amide bonds. The molecule has 2 fully saturated rings. The first kappa shape index (κ1) is 14.3. The van der Waals surface area contributed by atoms with Crippen LogP contribution in [0.15, 0.2) is 29.3 Å². The Hall–Kier alpha value is -2.31. The van der Waals surface area contributed by atoms with E-state index in [-0.39, 0.29) is 11.6 Å². The lowest BCUT2D eigenvalue weighted by Gasteiger charge is -2.24. The van der Waals surface area contributed by atoms with Crippen molar-refractivity contribution in [1.82, 2.24) is 19.7 Å². The molecule has 0 aromatic carbocycles. The summed E-state index contributed by atoms with van der Waals surface area (Å²) in [4.78, 5) is 22.3. The van der Waals surface area contributed by atoms with Gasteiger partial charge in [0.25, 0.3) is 5.56 Å². The minimum Gasteiger partial charge on any atom is -0.336 e. The zero-order valence-corrected chi connectivity index (χ0v) is 12.7. The fourth-order valence-corrected chi connectivity index (χ4v) is 3.13. The summed E-state index contributed by atoms with van der Waals surface area (Å²) in [5, 5.41) is 4.52. The van der Waals surface area contributed by atoms with Crippen molar-refractivity contribution in [3.63, 3.8) is 0 Å². The fourth-order valence-electron chi connectivity index (χ4n) is 3.13. The molecule has 0 radical (unpaired) electrons. The van der Waals surface area contributed by atoms with Gasteiger partial charge in [-0.15, -0.1) is 0 Å². The summed E-state index contributed by atoms with van der Waals surface area (Å²) in [6.45, 7) is 1.33. The van der Waals surface area contributed by atoms with E-state index in [4.69, 9.17) is 0 Å². The average Bonchev–Trinajstić information content (AvgIpc) is 3.30. The van der Waals surface area contributed by atoms with Crippen LogP contribution in [-0.2, 0) is 6.54 Å². The van der Waals surface area contributed by atoms with Gasteiger partial charge in [-0.3, -0.25) is 4.79 Å². The van der Waals surface area contributed by atoms with E-state index < -0.39 is 5.82 Å². The molecule has 1 saturated carbocycles. The highest BCUT2D eigenvalue weighted by atomic mass is 19.1. The normalized spacial score (nSPS) is 20.9. The smallest absolute Gasteiger partial charge is 0.266 e. The summed E-state index contributed by atoms with van der Waals surface area (Å²) in [5.41, 5.74) is 0.924. The lowest BCUT2D eigenvalue weighted by molar-refractivity contribution is 0.478. The highest BCUT2D eigenvalue weighted by molar-refractivity contribution is 5.32. The zero-order chi connectivity index (χ0) is 15.8. The number of anilines is 1. The number of aromatic nitrogens is 4. The fraction of sp³-hybridized carbons (Fsp3) is 0.500. The molecule has 0 bridgehead atoms. The molecule has 1 aliphatic carbocycles. The molecule has 0 N–H and O–H groups in total. The molecule has 3 heterocycles. The second-order valence-corrected chi connectivity index (χ2v) is 6.24. The van der Waals surface area contributed by atoms with E-state index in [2.05, 4.69) is 15.1 Å². The molecular weight excluding hydrogens is 297 g/mol. The maximum Gasteiger partial charge on any atom is 0.266 e. The molecule has 1 atom stereocenters. The third-order valence-corrected chi connectivity index (χ3v) is 4.51. The Labute approximate surface area is 133 Å². The minimum atomic E-state index is -0.445. The highest BCUT2D eigenvalue weighted by Gasteiger charge is 2.29. The van der Waals surface area contributed by atoms with E-state index in [0.717, 1.165) is 37.9 Å². The van der Waals surface area contributed by atoms with Gasteiger partial charge in [-0.25, -0.2) is 19.0 Å². The van der Waals surface area contributed by atoms with E-state index >= 15 is 0 Å². The highest BCUT2D eigenvalue weighted by Crippen LogP contribution is 2.38. The van der Waals surface area contributed by atoms with Crippen LogP contribution in [0.3, 0.4) is 0 Å². The third kappa shape index (κ3) is 2.95. The van der Waals surface area contributed by atoms with Crippen LogP contribution in [0, 0.1) is 5.82 Å². The maximum atomic E-state index is 13.0. The van der Waals surface area contributed by atoms with Crippen LogP contribution >= 0.6 is 0 Å². The third-order valence-electron chi connectivity index (χ3n) is 4.51. The van der Waals surface area contributed by atoms with Crippen LogP contribution in [-0.4, -0.2) is 32.3 Å². The number of hydrogen-bond acceptors (Lipinski definition) is 5. The summed E-state index contributed by atoms with van der Waals surface area (Å²) in [7, 11) is 0. The van der Waals surface area contributed by atoms with Crippen molar-refractivity contribution < 1.29 is 4.39 Å². The van der Waals surface area contributed by atoms with Gasteiger partial charge in [-0.1, -0.05) is 0 Å². The Bertz CT molecular complexity index is 756.